The van der Waals surface area contributed by atoms with Gasteiger partial charge < -0.3 is 20.1 Å². The van der Waals surface area contributed by atoms with Crippen molar-refractivity contribution < 1.29 is 19.2 Å². The van der Waals surface area contributed by atoms with Gasteiger partial charge in [-0.2, -0.15) is 0 Å². The van der Waals surface area contributed by atoms with Crippen LogP contribution in [0.3, 0.4) is 0 Å². The summed E-state index contributed by atoms with van der Waals surface area (Å²) in [5.41, 5.74) is 7.86. The third-order valence-corrected chi connectivity index (χ3v) is 5.24. The number of anilines is 1. The van der Waals surface area contributed by atoms with Crippen molar-refractivity contribution in [3.05, 3.63) is 34.2 Å². The van der Waals surface area contributed by atoms with Crippen molar-refractivity contribution in [3.63, 3.8) is 0 Å². The minimum atomic E-state index is -0.913. The van der Waals surface area contributed by atoms with Crippen LogP contribution in [0.1, 0.15) is 45.6 Å². The van der Waals surface area contributed by atoms with Crippen molar-refractivity contribution in [2.45, 2.75) is 32.6 Å². The number of nitrogens with two attached hydrogens (primary N) is 1. The lowest BCUT2D eigenvalue weighted by Crippen LogP contribution is -1.96. The Bertz CT molecular complexity index is 908. The van der Waals surface area contributed by atoms with Gasteiger partial charge in [0.05, 0.1) is 28.1 Å². The molecule has 0 aliphatic heterocycles. The molecule has 0 saturated heterocycles. The van der Waals surface area contributed by atoms with E-state index in [0.717, 1.165) is 28.2 Å². The third-order valence-electron chi connectivity index (χ3n) is 3.99. The van der Waals surface area contributed by atoms with Crippen LogP contribution in [-0.2, 0) is 0 Å². The molecule has 1 aliphatic carbocycles. The predicted molar refractivity (Wildman–Crippen MR) is 95.5 cm³/mol. The molecule has 8 heteroatoms. The van der Waals surface area contributed by atoms with Gasteiger partial charge in [-0.1, -0.05) is 5.16 Å². The largest absolute Gasteiger partial charge is 0.494 e. The number of carbonyl (C=O) groups is 1. The summed E-state index contributed by atoms with van der Waals surface area (Å²) in [5, 5.41) is 13.8. The van der Waals surface area contributed by atoms with Crippen LogP contribution in [0.15, 0.2) is 16.7 Å². The molecule has 0 radical (unpaired) electrons. The van der Waals surface area contributed by atoms with Gasteiger partial charge in [-0.15, -0.1) is 11.3 Å². The van der Waals surface area contributed by atoms with E-state index in [9.17, 15) is 4.79 Å². The van der Waals surface area contributed by atoms with Gasteiger partial charge in [0.15, 0.2) is 5.76 Å². The fourth-order valence-corrected chi connectivity index (χ4v) is 3.58. The van der Waals surface area contributed by atoms with Crippen LogP contribution in [0.5, 0.6) is 5.75 Å². The minimum Gasteiger partial charge on any atom is -0.494 e. The summed E-state index contributed by atoms with van der Waals surface area (Å²) in [6.07, 6.45) is 2.31. The second-order valence-electron chi connectivity index (χ2n) is 5.86. The SMILES string of the molecule is COc1ccc(C(=O)O)c2sc(C3CC3)nc12.Cc1noc(C)c1N. The average molecular weight is 361 g/mol. The topological polar surface area (TPSA) is 111 Å². The Kier molecular flexibility index (Phi) is 4.63. The minimum absolute atomic E-state index is 0.310. The summed E-state index contributed by atoms with van der Waals surface area (Å²) in [6.45, 7) is 3.60. The van der Waals surface area contributed by atoms with Crippen LogP contribution in [0.4, 0.5) is 5.69 Å². The number of benzene rings is 1. The summed E-state index contributed by atoms with van der Waals surface area (Å²) in [5.74, 6) is 0.957. The summed E-state index contributed by atoms with van der Waals surface area (Å²) in [6, 6.07) is 3.25. The molecule has 1 aliphatic rings. The second kappa shape index (κ2) is 6.72. The second-order valence-corrected chi connectivity index (χ2v) is 6.89. The molecule has 1 aromatic carbocycles. The maximum atomic E-state index is 11.1. The molecule has 0 bridgehead atoms. The number of nitrogen functional groups attached to an aromatic ring is 1. The summed E-state index contributed by atoms with van der Waals surface area (Å²) < 4.78 is 10.7. The zero-order chi connectivity index (χ0) is 18.1. The van der Waals surface area contributed by atoms with Crippen molar-refractivity contribution in [1.29, 1.82) is 0 Å². The fraction of sp³-hybridized carbons (Fsp3) is 0.353. The molecule has 25 heavy (non-hydrogen) atoms. The van der Waals surface area contributed by atoms with Crippen molar-refractivity contribution in [2.75, 3.05) is 12.8 Å². The molecule has 1 saturated carbocycles. The van der Waals surface area contributed by atoms with Gasteiger partial charge in [0, 0.05) is 5.92 Å². The van der Waals surface area contributed by atoms with E-state index in [0.29, 0.717) is 34.2 Å². The van der Waals surface area contributed by atoms with Gasteiger partial charge in [-0.25, -0.2) is 9.78 Å². The third kappa shape index (κ3) is 3.43. The first-order valence-electron chi connectivity index (χ1n) is 7.81. The smallest absolute Gasteiger partial charge is 0.337 e. The van der Waals surface area contributed by atoms with Gasteiger partial charge in [-0.3, -0.25) is 0 Å². The number of ether oxygens (including phenoxy) is 1. The molecule has 0 unspecified atom stereocenters. The fourth-order valence-electron chi connectivity index (χ4n) is 2.33. The number of rotatable bonds is 3. The summed E-state index contributed by atoms with van der Waals surface area (Å²) in [7, 11) is 1.57. The summed E-state index contributed by atoms with van der Waals surface area (Å²) >= 11 is 1.48. The van der Waals surface area contributed by atoms with E-state index in [-0.39, 0.29) is 0 Å². The lowest BCUT2D eigenvalue weighted by atomic mass is 10.2. The Morgan fingerprint density at radius 1 is 1.40 bits per heavy atom. The lowest BCUT2D eigenvalue weighted by Gasteiger charge is -2.01. The number of hydrogen-bond donors (Lipinski definition) is 2. The van der Waals surface area contributed by atoms with Crippen molar-refractivity contribution in [3.8, 4) is 5.75 Å². The first-order valence-corrected chi connectivity index (χ1v) is 8.63. The van der Waals surface area contributed by atoms with E-state index < -0.39 is 5.97 Å². The molecule has 3 N–H and O–H groups in total. The number of hydrogen-bond acceptors (Lipinski definition) is 7. The van der Waals surface area contributed by atoms with E-state index in [1.807, 2.05) is 6.92 Å². The molecular weight excluding hydrogens is 342 g/mol. The standard InChI is InChI=1S/C12H11NO3S.C5H8N2O/c1-16-8-5-4-7(12(14)15)10-9(8)13-11(17-10)6-2-3-6;1-3-5(6)4(2)8-7-3/h4-6H,2-3H2,1H3,(H,14,15);6H2,1-2H3. The highest BCUT2D eigenvalue weighted by Gasteiger charge is 2.28. The van der Waals surface area contributed by atoms with E-state index in [4.69, 9.17) is 20.1 Å². The first kappa shape index (κ1) is 17.2. The average Bonchev–Trinajstić information content (AvgIpc) is 3.29. The number of carboxylic acids is 1. The molecule has 2 aromatic heterocycles. The van der Waals surface area contributed by atoms with Crippen LogP contribution >= 0.6 is 11.3 Å². The normalized spacial score (nSPS) is 13.4. The lowest BCUT2D eigenvalue weighted by molar-refractivity contribution is 0.0699. The number of carboxylic acid groups (broad SMARTS) is 1. The molecule has 2 heterocycles. The maximum Gasteiger partial charge on any atom is 0.337 e. The van der Waals surface area contributed by atoms with E-state index >= 15 is 0 Å². The van der Waals surface area contributed by atoms with E-state index in [1.54, 1.807) is 26.2 Å². The number of nitrogens with zero attached hydrogens (tertiary/aromatic N) is 2. The Hall–Kier alpha value is -2.61. The number of aryl methyl sites for hydroxylation is 2. The molecule has 4 rings (SSSR count). The Balaban J connectivity index is 0.000000192. The Morgan fingerprint density at radius 3 is 2.56 bits per heavy atom. The van der Waals surface area contributed by atoms with Crippen LogP contribution in [-0.4, -0.2) is 28.3 Å². The number of aromatic nitrogens is 2. The molecule has 1 fully saturated rings. The van der Waals surface area contributed by atoms with E-state index in [2.05, 4.69) is 10.1 Å². The van der Waals surface area contributed by atoms with Crippen molar-refractivity contribution >= 4 is 33.2 Å². The Labute approximate surface area is 148 Å². The number of methoxy groups -OCH3 is 1. The zero-order valence-corrected chi connectivity index (χ0v) is 15.0. The molecule has 0 atom stereocenters. The van der Waals surface area contributed by atoms with Crippen LogP contribution in [0, 0.1) is 13.8 Å². The molecule has 0 spiro atoms. The molecule has 7 nitrogen and oxygen atoms in total. The van der Waals surface area contributed by atoms with Gasteiger partial charge in [0.2, 0.25) is 0 Å². The highest BCUT2D eigenvalue weighted by atomic mass is 32.1. The summed E-state index contributed by atoms with van der Waals surface area (Å²) in [4.78, 5) is 15.7. The number of aromatic carboxylic acids is 1. The van der Waals surface area contributed by atoms with Crippen LogP contribution in [0.25, 0.3) is 10.2 Å². The molecule has 132 valence electrons. The molecule has 0 amide bonds. The van der Waals surface area contributed by atoms with Gasteiger partial charge in [0.25, 0.3) is 0 Å². The first-order chi connectivity index (χ1) is 11.9. The van der Waals surface area contributed by atoms with Crippen molar-refractivity contribution in [1.82, 2.24) is 10.1 Å². The molecular formula is C17H19N3O4S. The van der Waals surface area contributed by atoms with E-state index in [1.165, 1.54) is 11.3 Å². The zero-order valence-electron chi connectivity index (χ0n) is 14.2. The monoisotopic (exact) mass is 361 g/mol. The van der Waals surface area contributed by atoms with Gasteiger partial charge in [-0.05, 0) is 38.8 Å². The van der Waals surface area contributed by atoms with Crippen LogP contribution < -0.4 is 10.5 Å². The Morgan fingerprint density at radius 2 is 2.12 bits per heavy atom. The number of fused-ring (bicyclic) bond motifs is 1. The van der Waals surface area contributed by atoms with Crippen LogP contribution in [0.2, 0.25) is 0 Å². The highest BCUT2D eigenvalue weighted by Crippen LogP contribution is 2.45. The highest BCUT2D eigenvalue weighted by molar-refractivity contribution is 7.19. The number of thiazole rings is 1. The van der Waals surface area contributed by atoms with Crippen molar-refractivity contribution in [2.24, 2.45) is 0 Å². The van der Waals surface area contributed by atoms with Gasteiger partial charge in [0.1, 0.15) is 17.0 Å². The molecule has 3 aromatic rings. The van der Waals surface area contributed by atoms with Gasteiger partial charge >= 0.3 is 5.97 Å². The quantitative estimate of drug-likeness (QED) is 0.730. The maximum absolute atomic E-state index is 11.1. The predicted octanol–water partition coefficient (Wildman–Crippen LogP) is 3.75.